The van der Waals surface area contributed by atoms with Crippen molar-refractivity contribution in [3.05, 3.63) is 46.0 Å². The average molecular weight is 379 g/mol. The Bertz CT molecular complexity index is 1080. The van der Waals surface area contributed by atoms with Crippen molar-refractivity contribution in [2.75, 3.05) is 29.0 Å². The molecular formula is C21H22N4OS. The van der Waals surface area contributed by atoms with Gasteiger partial charge in [0.25, 0.3) is 5.91 Å². The van der Waals surface area contributed by atoms with Gasteiger partial charge in [-0.05, 0) is 44.4 Å². The van der Waals surface area contributed by atoms with E-state index in [1.54, 1.807) is 0 Å². The smallest absolute Gasteiger partial charge is 0.267 e. The first kappa shape index (κ1) is 16.6. The van der Waals surface area contributed by atoms with E-state index in [1.165, 1.54) is 41.1 Å². The van der Waals surface area contributed by atoms with Gasteiger partial charge >= 0.3 is 0 Å². The number of carbonyl (C=O) groups is 1. The van der Waals surface area contributed by atoms with Gasteiger partial charge in [0.2, 0.25) is 0 Å². The number of amides is 1. The molecule has 2 bridgehead atoms. The van der Waals surface area contributed by atoms with E-state index >= 15 is 0 Å². The molecule has 1 aromatic carbocycles. The molecule has 0 spiro atoms. The highest BCUT2D eigenvalue weighted by Crippen LogP contribution is 2.45. The van der Waals surface area contributed by atoms with Crippen LogP contribution in [0.15, 0.2) is 24.3 Å². The molecule has 2 aromatic heterocycles. The quantitative estimate of drug-likeness (QED) is 0.691. The predicted molar refractivity (Wildman–Crippen MR) is 112 cm³/mol. The van der Waals surface area contributed by atoms with Crippen LogP contribution in [0.4, 0.5) is 17.1 Å². The summed E-state index contributed by atoms with van der Waals surface area (Å²) in [6.07, 6.45) is 2.35. The number of hydrogen-bond donors (Lipinski definition) is 2. The van der Waals surface area contributed by atoms with E-state index in [2.05, 4.69) is 22.3 Å². The van der Waals surface area contributed by atoms with Crippen LogP contribution in [0, 0.1) is 13.8 Å². The van der Waals surface area contributed by atoms with Crippen LogP contribution in [0.25, 0.3) is 10.2 Å². The Morgan fingerprint density at radius 1 is 1.26 bits per heavy atom. The summed E-state index contributed by atoms with van der Waals surface area (Å²) in [5, 5.41) is 3.91. The highest BCUT2D eigenvalue weighted by Gasteiger charge is 2.33. The third kappa shape index (κ3) is 2.58. The van der Waals surface area contributed by atoms with E-state index in [0.29, 0.717) is 16.5 Å². The lowest BCUT2D eigenvalue weighted by molar-refractivity contribution is 0.103. The third-order valence-electron chi connectivity index (χ3n) is 5.79. The largest absolute Gasteiger partial charge is 0.397 e. The zero-order chi connectivity index (χ0) is 18.7. The van der Waals surface area contributed by atoms with Crippen LogP contribution in [0.5, 0.6) is 0 Å². The molecule has 1 fully saturated rings. The number of nitrogens with zero attached hydrogens (tertiary/aromatic N) is 2. The summed E-state index contributed by atoms with van der Waals surface area (Å²) >= 11 is 1.39. The summed E-state index contributed by atoms with van der Waals surface area (Å²) in [6, 6.07) is 8.14. The second-order valence-corrected chi connectivity index (χ2v) is 8.62. The van der Waals surface area contributed by atoms with Gasteiger partial charge in [-0.25, -0.2) is 4.98 Å². The normalized spacial score (nSPS) is 16.0. The van der Waals surface area contributed by atoms with Crippen LogP contribution < -0.4 is 16.0 Å². The fourth-order valence-electron chi connectivity index (χ4n) is 4.29. The van der Waals surface area contributed by atoms with Crippen LogP contribution >= 0.6 is 11.3 Å². The fraction of sp³-hybridized carbons (Fsp3) is 0.333. The number of rotatable bonds is 2. The maximum Gasteiger partial charge on any atom is 0.267 e. The van der Waals surface area contributed by atoms with Gasteiger partial charge < -0.3 is 16.0 Å². The van der Waals surface area contributed by atoms with Gasteiger partial charge in [-0.3, -0.25) is 4.79 Å². The minimum absolute atomic E-state index is 0.163. The monoisotopic (exact) mass is 378 g/mol. The number of hydrogen-bond acceptors (Lipinski definition) is 5. The molecule has 27 heavy (non-hydrogen) atoms. The molecule has 5 heterocycles. The molecule has 1 saturated heterocycles. The van der Waals surface area contributed by atoms with Gasteiger partial charge in [0.1, 0.15) is 9.71 Å². The molecule has 3 N–H and O–H groups in total. The number of thiophene rings is 1. The Hall–Kier alpha value is -2.60. The van der Waals surface area contributed by atoms with Crippen molar-refractivity contribution in [3.63, 3.8) is 0 Å². The van der Waals surface area contributed by atoms with Crippen molar-refractivity contribution in [1.82, 2.24) is 4.98 Å². The number of nitrogens with two attached hydrogens (primary N) is 1. The van der Waals surface area contributed by atoms with Crippen LogP contribution in [0.1, 0.15) is 45.3 Å². The first-order chi connectivity index (χ1) is 13.0. The molecule has 6 rings (SSSR count). The van der Waals surface area contributed by atoms with Crippen molar-refractivity contribution < 1.29 is 4.79 Å². The van der Waals surface area contributed by atoms with Crippen LogP contribution in [-0.4, -0.2) is 24.0 Å². The number of pyridine rings is 1. The molecule has 3 aromatic rings. The SMILES string of the molecule is Cc1ccc(NC(=O)c2sc3nc4c(cc3c2N)N2CCC4CC2)c(C)c1. The molecule has 3 aliphatic rings. The number of anilines is 3. The minimum Gasteiger partial charge on any atom is -0.397 e. The number of fused-ring (bicyclic) bond motifs is 3. The van der Waals surface area contributed by atoms with Gasteiger partial charge in [0.15, 0.2) is 0 Å². The highest BCUT2D eigenvalue weighted by molar-refractivity contribution is 7.21. The van der Waals surface area contributed by atoms with Gasteiger partial charge in [0, 0.05) is 30.1 Å². The summed E-state index contributed by atoms with van der Waals surface area (Å²) in [5.41, 5.74) is 12.3. The van der Waals surface area contributed by atoms with E-state index < -0.39 is 0 Å². The van der Waals surface area contributed by atoms with Crippen molar-refractivity contribution >= 4 is 44.5 Å². The first-order valence-electron chi connectivity index (χ1n) is 9.37. The molecule has 0 radical (unpaired) electrons. The number of benzene rings is 1. The maximum absolute atomic E-state index is 12.9. The highest BCUT2D eigenvalue weighted by atomic mass is 32.1. The Labute approximate surface area is 162 Å². The van der Waals surface area contributed by atoms with Crippen LogP contribution in [0.2, 0.25) is 0 Å². The molecule has 5 nitrogen and oxygen atoms in total. The number of aromatic nitrogens is 1. The average Bonchev–Trinajstić information content (AvgIpc) is 3.00. The number of aryl methyl sites for hydroxylation is 2. The van der Waals surface area contributed by atoms with Gasteiger partial charge in [-0.15, -0.1) is 11.3 Å². The van der Waals surface area contributed by atoms with Gasteiger partial charge in [-0.2, -0.15) is 0 Å². The van der Waals surface area contributed by atoms with E-state index in [9.17, 15) is 4.79 Å². The van der Waals surface area contributed by atoms with Crippen molar-refractivity contribution in [2.45, 2.75) is 32.6 Å². The predicted octanol–water partition coefficient (Wildman–Crippen LogP) is 4.45. The van der Waals surface area contributed by atoms with Gasteiger partial charge in [0.05, 0.1) is 17.1 Å². The van der Waals surface area contributed by atoms with E-state index in [4.69, 9.17) is 10.7 Å². The molecular weight excluding hydrogens is 356 g/mol. The lowest BCUT2D eigenvalue weighted by Gasteiger charge is -2.41. The Kier molecular flexibility index (Phi) is 3.65. The second-order valence-electron chi connectivity index (χ2n) is 7.62. The molecule has 3 aliphatic heterocycles. The number of carbonyl (C=O) groups excluding carboxylic acids is 1. The Morgan fingerprint density at radius 2 is 2.04 bits per heavy atom. The fourth-order valence-corrected chi connectivity index (χ4v) is 5.27. The lowest BCUT2D eigenvalue weighted by Crippen LogP contribution is -2.39. The summed E-state index contributed by atoms with van der Waals surface area (Å²) in [6.45, 7) is 6.22. The maximum atomic E-state index is 12.9. The Morgan fingerprint density at radius 3 is 2.78 bits per heavy atom. The minimum atomic E-state index is -0.163. The summed E-state index contributed by atoms with van der Waals surface area (Å²) < 4.78 is 0. The summed E-state index contributed by atoms with van der Waals surface area (Å²) in [4.78, 5) is 21.6. The summed E-state index contributed by atoms with van der Waals surface area (Å²) in [5.74, 6) is 0.383. The zero-order valence-corrected chi connectivity index (χ0v) is 16.3. The molecule has 0 aliphatic carbocycles. The second kappa shape index (κ2) is 5.96. The Balaban J connectivity index is 1.54. The van der Waals surface area contributed by atoms with Gasteiger partial charge in [-0.1, -0.05) is 17.7 Å². The number of nitrogens with one attached hydrogen (secondary N) is 1. The molecule has 138 valence electrons. The van der Waals surface area contributed by atoms with Crippen molar-refractivity contribution in [3.8, 4) is 0 Å². The molecule has 0 atom stereocenters. The van der Waals surface area contributed by atoms with Crippen molar-refractivity contribution in [2.24, 2.45) is 0 Å². The van der Waals surface area contributed by atoms with E-state index in [0.717, 1.165) is 34.6 Å². The zero-order valence-electron chi connectivity index (χ0n) is 15.5. The number of nitrogen functional groups attached to an aromatic ring is 1. The van der Waals surface area contributed by atoms with E-state index in [-0.39, 0.29) is 5.91 Å². The molecule has 1 amide bonds. The topological polar surface area (TPSA) is 71.2 Å². The number of piperidine rings is 1. The molecule has 0 unspecified atom stereocenters. The lowest BCUT2D eigenvalue weighted by atomic mass is 9.86. The molecule has 0 saturated carbocycles. The van der Waals surface area contributed by atoms with Crippen LogP contribution in [-0.2, 0) is 0 Å². The van der Waals surface area contributed by atoms with Crippen LogP contribution in [0.3, 0.4) is 0 Å². The molecule has 6 heteroatoms. The van der Waals surface area contributed by atoms with Crippen molar-refractivity contribution in [1.29, 1.82) is 0 Å². The summed E-state index contributed by atoms with van der Waals surface area (Å²) in [7, 11) is 0. The first-order valence-corrected chi connectivity index (χ1v) is 10.2. The van der Waals surface area contributed by atoms with E-state index in [1.807, 2.05) is 26.0 Å². The standard InChI is InChI=1S/C21H22N4OS/c1-11-3-4-15(12(2)9-11)23-20(26)19-17(22)14-10-16-18(24-21(14)27-19)13-5-7-25(16)8-6-13/h3-4,9-10,13H,5-8,22H2,1-2H3,(H,23,26). The third-order valence-corrected chi connectivity index (χ3v) is 6.90.